The van der Waals surface area contributed by atoms with E-state index in [9.17, 15) is 8.42 Å². The van der Waals surface area contributed by atoms with Crippen LogP contribution in [0, 0.1) is 0 Å². The Morgan fingerprint density at radius 3 is 2.65 bits per heavy atom. The maximum atomic E-state index is 12.5. The summed E-state index contributed by atoms with van der Waals surface area (Å²) in [5, 5.41) is 0.0357. The molecule has 0 amide bonds. The number of sulfone groups is 1. The molecule has 20 heavy (non-hydrogen) atoms. The number of nitrogens with zero attached hydrogens (tertiary/aromatic N) is 1. The number of ether oxygens (including phenoxy) is 2. The van der Waals surface area contributed by atoms with E-state index in [0.717, 1.165) is 12.0 Å². The summed E-state index contributed by atoms with van der Waals surface area (Å²) in [6, 6.07) is 7.85. The Balaban J connectivity index is 2.02. The molecule has 104 valence electrons. The van der Waals surface area contributed by atoms with Crippen molar-refractivity contribution in [3.8, 4) is 11.5 Å². The SMILES string of the molecule is CCc1ccc(S(=O)(=O)c2ccc3c(c2)OCO3)nc1. The predicted octanol–water partition coefficient (Wildman–Crippen LogP) is 2.21. The van der Waals surface area contributed by atoms with Crippen molar-refractivity contribution in [3.63, 3.8) is 0 Å². The van der Waals surface area contributed by atoms with E-state index in [4.69, 9.17) is 9.47 Å². The Kier molecular flexibility index (Phi) is 3.10. The highest BCUT2D eigenvalue weighted by molar-refractivity contribution is 7.91. The summed E-state index contributed by atoms with van der Waals surface area (Å²) in [5.74, 6) is 0.995. The first-order chi connectivity index (χ1) is 9.61. The van der Waals surface area contributed by atoms with Crippen LogP contribution in [0.5, 0.6) is 11.5 Å². The number of hydrogen-bond acceptors (Lipinski definition) is 5. The first kappa shape index (κ1) is 12.9. The van der Waals surface area contributed by atoms with Gasteiger partial charge >= 0.3 is 0 Å². The van der Waals surface area contributed by atoms with Crippen molar-refractivity contribution < 1.29 is 17.9 Å². The molecule has 2 heterocycles. The van der Waals surface area contributed by atoms with Crippen LogP contribution < -0.4 is 9.47 Å². The second-order valence-electron chi connectivity index (χ2n) is 4.38. The van der Waals surface area contributed by atoms with Crippen LogP contribution in [0.4, 0.5) is 0 Å². The van der Waals surface area contributed by atoms with Crippen molar-refractivity contribution in [1.29, 1.82) is 0 Å². The monoisotopic (exact) mass is 291 g/mol. The minimum atomic E-state index is -3.63. The first-order valence-corrected chi connectivity index (χ1v) is 7.69. The Hall–Kier alpha value is -2.08. The first-order valence-electron chi connectivity index (χ1n) is 6.21. The predicted molar refractivity (Wildman–Crippen MR) is 71.6 cm³/mol. The molecule has 0 fully saturated rings. The number of aromatic nitrogens is 1. The average Bonchev–Trinajstić information content (AvgIpc) is 2.94. The average molecular weight is 291 g/mol. The van der Waals surface area contributed by atoms with Gasteiger partial charge in [0.15, 0.2) is 16.5 Å². The van der Waals surface area contributed by atoms with Gasteiger partial charge in [0.2, 0.25) is 16.6 Å². The molecule has 0 bridgehead atoms. The number of fused-ring (bicyclic) bond motifs is 1. The molecule has 0 radical (unpaired) electrons. The quantitative estimate of drug-likeness (QED) is 0.867. The maximum absolute atomic E-state index is 12.5. The van der Waals surface area contributed by atoms with Crippen molar-refractivity contribution in [2.45, 2.75) is 23.3 Å². The summed E-state index contributed by atoms with van der Waals surface area (Å²) >= 11 is 0. The molecule has 1 aliphatic rings. The molecule has 0 spiro atoms. The molecule has 2 aromatic rings. The normalized spacial score (nSPS) is 13.4. The molecule has 3 rings (SSSR count). The molecule has 0 unspecified atom stereocenters. The third kappa shape index (κ3) is 2.12. The van der Waals surface area contributed by atoms with Crippen LogP contribution >= 0.6 is 0 Å². The van der Waals surface area contributed by atoms with Gasteiger partial charge < -0.3 is 9.47 Å². The van der Waals surface area contributed by atoms with E-state index in [1.807, 2.05) is 6.92 Å². The van der Waals surface area contributed by atoms with Crippen LogP contribution in [-0.2, 0) is 16.3 Å². The van der Waals surface area contributed by atoms with Crippen LogP contribution in [0.3, 0.4) is 0 Å². The zero-order valence-electron chi connectivity index (χ0n) is 10.9. The van der Waals surface area contributed by atoms with Gasteiger partial charge in [-0.15, -0.1) is 0 Å². The molecule has 6 heteroatoms. The van der Waals surface area contributed by atoms with Crippen molar-refractivity contribution in [2.75, 3.05) is 6.79 Å². The molecule has 0 atom stereocenters. The topological polar surface area (TPSA) is 65.5 Å². The Morgan fingerprint density at radius 2 is 1.95 bits per heavy atom. The van der Waals surface area contributed by atoms with Gasteiger partial charge in [-0.3, -0.25) is 0 Å². The van der Waals surface area contributed by atoms with Gasteiger partial charge in [0.05, 0.1) is 4.90 Å². The summed E-state index contributed by atoms with van der Waals surface area (Å²) in [5.41, 5.74) is 0.995. The standard InChI is InChI=1S/C14H13NO4S/c1-2-10-3-6-14(15-8-10)20(16,17)11-4-5-12-13(7-11)19-9-18-12/h3-8H,2,9H2,1H3. The zero-order valence-corrected chi connectivity index (χ0v) is 11.7. The number of rotatable bonds is 3. The van der Waals surface area contributed by atoms with E-state index in [2.05, 4.69) is 4.98 Å². The number of benzene rings is 1. The second kappa shape index (κ2) is 4.79. The fourth-order valence-corrected chi connectivity index (χ4v) is 3.13. The van der Waals surface area contributed by atoms with Crippen LogP contribution in [0.1, 0.15) is 12.5 Å². The van der Waals surface area contributed by atoms with Crippen molar-refractivity contribution >= 4 is 9.84 Å². The molecule has 0 saturated heterocycles. The Labute approximate surface area is 117 Å². The molecule has 0 N–H and O–H groups in total. The van der Waals surface area contributed by atoms with E-state index in [1.165, 1.54) is 18.2 Å². The molecule has 1 aromatic heterocycles. The highest BCUT2D eigenvalue weighted by atomic mass is 32.2. The van der Waals surface area contributed by atoms with Crippen molar-refractivity contribution in [2.24, 2.45) is 0 Å². The summed E-state index contributed by atoms with van der Waals surface area (Å²) in [4.78, 5) is 4.18. The van der Waals surface area contributed by atoms with E-state index in [1.54, 1.807) is 18.3 Å². The van der Waals surface area contributed by atoms with Gasteiger partial charge in [-0.05, 0) is 30.2 Å². The third-order valence-corrected chi connectivity index (χ3v) is 4.80. The minimum Gasteiger partial charge on any atom is -0.454 e. The molecule has 0 aliphatic carbocycles. The third-order valence-electron chi connectivity index (χ3n) is 3.14. The number of aryl methyl sites for hydroxylation is 1. The Morgan fingerprint density at radius 1 is 1.15 bits per heavy atom. The highest BCUT2D eigenvalue weighted by Crippen LogP contribution is 2.35. The molecule has 0 saturated carbocycles. The lowest BCUT2D eigenvalue weighted by atomic mass is 10.2. The summed E-state index contributed by atoms with van der Waals surface area (Å²) in [6.07, 6.45) is 2.40. The smallest absolute Gasteiger partial charge is 0.231 e. The lowest BCUT2D eigenvalue weighted by Crippen LogP contribution is -2.04. The molecule has 1 aromatic carbocycles. The number of pyridine rings is 1. The molecule has 5 nitrogen and oxygen atoms in total. The van der Waals surface area contributed by atoms with Crippen molar-refractivity contribution in [1.82, 2.24) is 4.98 Å². The lowest BCUT2D eigenvalue weighted by Gasteiger charge is -2.05. The van der Waals surface area contributed by atoms with E-state index < -0.39 is 9.84 Å². The van der Waals surface area contributed by atoms with Crippen molar-refractivity contribution in [3.05, 3.63) is 42.1 Å². The second-order valence-corrected chi connectivity index (χ2v) is 6.27. The van der Waals surface area contributed by atoms with Crippen LogP contribution in [0.2, 0.25) is 0 Å². The zero-order chi connectivity index (χ0) is 14.2. The van der Waals surface area contributed by atoms with Gasteiger partial charge in [-0.1, -0.05) is 13.0 Å². The van der Waals surface area contributed by atoms with Gasteiger partial charge in [0.25, 0.3) is 0 Å². The maximum Gasteiger partial charge on any atom is 0.231 e. The highest BCUT2D eigenvalue weighted by Gasteiger charge is 2.23. The van der Waals surface area contributed by atoms with Gasteiger partial charge in [0, 0.05) is 12.3 Å². The molecule has 1 aliphatic heterocycles. The summed E-state index contributed by atoms with van der Waals surface area (Å²) < 4.78 is 35.3. The summed E-state index contributed by atoms with van der Waals surface area (Å²) in [6.45, 7) is 2.10. The van der Waals surface area contributed by atoms with Gasteiger partial charge in [-0.25, -0.2) is 13.4 Å². The van der Waals surface area contributed by atoms with E-state index in [0.29, 0.717) is 11.5 Å². The number of hydrogen-bond donors (Lipinski definition) is 0. The lowest BCUT2D eigenvalue weighted by molar-refractivity contribution is 0.174. The van der Waals surface area contributed by atoms with Crippen LogP contribution in [0.15, 0.2) is 46.5 Å². The Bertz CT molecular complexity index is 738. The van der Waals surface area contributed by atoms with Crippen LogP contribution in [0.25, 0.3) is 0 Å². The fraction of sp³-hybridized carbons (Fsp3) is 0.214. The molecular formula is C14H13NO4S. The fourth-order valence-electron chi connectivity index (χ4n) is 1.94. The van der Waals surface area contributed by atoms with E-state index in [-0.39, 0.29) is 16.7 Å². The largest absolute Gasteiger partial charge is 0.454 e. The van der Waals surface area contributed by atoms with E-state index >= 15 is 0 Å². The van der Waals surface area contributed by atoms with Gasteiger partial charge in [0.1, 0.15) is 0 Å². The minimum absolute atomic E-state index is 0.0357. The van der Waals surface area contributed by atoms with Gasteiger partial charge in [-0.2, -0.15) is 0 Å². The summed E-state index contributed by atoms with van der Waals surface area (Å²) in [7, 11) is -3.63. The van der Waals surface area contributed by atoms with Crippen LogP contribution in [-0.4, -0.2) is 20.2 Å². The molecular weight excluding hydrogens is 278 g/mol.